The SMILES string of the molecule is Cc1nc2ccc(C#Cc3nc(-c4ccccc4)cn3C)nn2c1CO.Cc1nn2ccc(C#Cc3nc(-c4ccccc4)cn3C)nc2c1C. The van der Waals surface area contributed by atoms with Gasteiger partial charge in [0.05, 0.1) is 35.1 Å². The van der Waals surface area contributed by atoms with Gasteiger partial charge >= 0.3 is 0 Å². The van der Waals surface area contributed by atoms with Gasteiger partial charge in [0, 0.05) is 49.4 Å². The molecule has 250 valence electrons. The monoisotopic (exact) mass is 670 g/mol. The molecule has 0 atom stereocenters. The Morgan fingerprint density at radius 3 is 1.78 bits per heavy atom. The number of hydrogen-bond acceptors (Lipinski definition) is 7. The second-order valence-electron chi connectivity index (χ2n) is 11.9. The fourth-order valence-electron chi connectivity index (χ4n) is 5.46. The van der Waals surface area contributed by atoms with Crippen LogP contribution in [0.15, 0.2) is 97.5 Å². The number of nitrogens with zero attached hydrogens (tertiary/aromatic N) is 10. The molecule has 2 aromatic carbocycles. The largest absolute Gasteiger partial charge is 0.390 e. The third-order valence-corrected chi connectivity index (χ3v) is 8.37. The highest BCUT2D eigenvalue weighted by molar-refractivity contribution is 5.60. The van der Waals surface area contributed by atoms with E-state index in [1.54, 1.807) is 9.03 Å². The van der Waals surface area contributed by atoms with E-state index in [1.165, 1.54) is 0 Å². The van der Waals surface area contributed by atoms with Crippen molar-refractivity contribution in [2.45, 2.75) is 27.4 Å². The van der Waals surface area contributed by atoms with E-state index < -0.39 is 0 Å². The molecule has 0 aliphatic heterocycles. The number of imidazole rings is 3. The molecule has 11 nitrogen and oxygen atoms in total. The zero-order valence-electron chi connectivity index (χ0n) is 28.9. The van der Waals surface area contributed by atoms with Crippen LogP contribution in [0.4, 0.5) is 0 Å². The Labute approximate surface area is 294 Å². The van der Waals surface area contributed by atoms with Crippen LogP contribution in [0.2, 0.25) is 0 Å². The Balaban J connectivity index is 0.000000159. The van der Waals surface area contributed by atoms with Gasteiger partial charge in [-0.15, -0.1) is 0 Å². The van der Waals surface area contributed by atoms with Gasteiger partial charge in [-0.05, 0) is 62.7 Å². The van der Waals surface area contributed by atoms with Crippen molar-refractivity contribution in [2.24, 2.45) is 14.1 Å². The van der Waals surface area contributed by atoms with Crippen molar-refractivity contribution in [1.29, 1.82) is 0 Å². The predicted octanol–water partition coefficient (Wildman–Crippen LogP) is 5.48. The van der Waals surface area contributed by atoms with Crippen LogP contribution in [0.1, 0.15) is 45.7 Å². The van der Waals surface area contributed by atoms with Crippen molar-refractivity contribution >= 4 is 11.3 Å². The average molecular weight is 671 g/mol. The van der Waals surface area contributed by atoms with Gasteiger partial charge in [-0.1, -0.05) is 60.7 Å². The lowest BCUT2D eigenvalue weighted by Gasteiger charge is -1.98. The Bertz CT molecular complexity index is 2640. The van der Waals surface area contributed by atoms with Crippen LogP contribution in [0.25, 0.3) is 33.8 Å². The van der Waals surface area contributed by atoms with E-state index in [0.717, 1.165) is 45.1 Å². The lowest BCUT2D eigenvalue weighted by atomic mass is 10.2. The number of fused-ring (bicyclic) bond motifs is 2. The van der Waals surface area contributed by atoms with Crippen LogP contribution in [0, 0.1) is 44.5 Å². The molecule has 0 bridgehead atoms. The average Bonchev–Trinajstić information content (AvgIpc) is 3.89. The Kier molecular flexibility index (Phi) is 8.96. The highest BCUT2D eigenvalue weighted by Gasteiger charge is 2.10. The number of aromatic nitrogens is 10. The van der Waals surface area contributed by atoms with E-state index in [4.69, 9.17) is 0 Å². The first kappa shape index (κ1) is 32.7. The van der Waals surface area contributed by atoms with Crippen molar-refractivity contribution in [1.82, 2.24) is 48.3 Å². The van der Waals surface area contributed by atoms with E-state index in [2.05, 4.69) is 53.8 Å². The van der Waals surface area contributed by atoms with E-state index in [9.17, 15) is 5.11 Å². The summed E-state index contributed by atoms with van der Waals surface area (Å²) in [6.45, 7) is 5.74. The fraction of sp³-hybridized carbons (Fsp3) is 0.150. The van der Waals surface area contributed by atoms with Crippen LogP contribution in [-0.2, 0) is 20.7 Å². The smallest absolute Gasteiger partial charge is 0.186 e. The normalized spacial score (nSPS) is 10.7. The quantitative estimate of drug-likeness (QED) is 0.248. The molecular weight excluding hydrogens is 637 g/mol. The van der Waals surface area contributed by atoms with E-state index in [1.807, 2.05) is 141 Å². The molecule has 0 aliphatic rings. The zero-order chi connectivity index (χ0) is 35.5. The topological polar surface area (TPSA) is 116 Å². The highest BCUT2D eigenvalue weighted by Crippen LogP contribution is 2.19. The summed E-state index contributed by atoms with van der Waals surface area (Å²) in [4.78, 5) is 18.2. The Hall–Kier alpha value is -6.82. The number of hydrogen-bond donors (Lipinski definition) is 1. The molecular formula is C40H34N10O. The van der Waals surface area contributed by atoms with Gasteiger partial charge in [0.15, 0.2) is 22.9 Å². The third-order valence-electron chi connectivity index (χ3n) is 8.37. The molecule has 8 rings (SSSR count). The summed E-state index contributed by atoms with van der Waals surface area (Å²) in [6.07, 6.45) is 5.83. The number of benzene rings is 2. The lowest BCUT2D eigenvalue weighted by Crippen LogP contribution is -2.00. The molecule has 0 unspecified atom stereocenters. The fourth-order valence-corrected chi connectivity index (χ4v) is 5.46. The first-order chi connectivity index (χ1) is 24.8. The van der Waals surface area contributed by atoms with Gasteiger partial charge in [0.25, 0.3) is 0 Å². The maximum Gasteiger partial charge on any atom is 0.186 e. The first-order valence-corrected chi connectivity index (χ1v) is 16.3. The summed E-state index contributed by atoms with van der Waals surface area (Å²) in [6, 6.07) is 25.6. The molecule has 1 N–H and O–H groups in total. The van der Waals surface area contributed by atoms with Gasteiger partial charge in [0.1, 0.15) is 11.4 Å². The minimum atomic E-state index is -0.114. The molecule has 0 saturated carbocycles. The standard InChI is InChI=1S/C20H17N5O.C20H17N5/c1-14-18(13-26)25-20(21-14)11-9-16(23-25)8-10-19-22-17(12-24(19)2)15-6-4-3-5-7-15;1-14-15(2)23-25-12-11-17(21-20(14)25)9-10-19-22-18(13-24(19)3)16-7-5-4-6-8-16/h3-7,9,11-12,26H,13H2,1-2H3;4-8,11-13H,1-3H3. The summed E-state index contributed by atoms with van der Waals surface area (Å²) in [5.41, 5.74) is 10.3. The molecule has 11 heteroatoms. The molecule has 0 fully saturated rings. The first-order valence-electron chi connectivity index (χ1n) is 16.3. The molecule has 0 aliphatic carbocycles. The zero-order valence-corrected chi connectivity index (χ0v) is 28.9. The van der Waals surface area contributed by atoms with Crippen molar-refractivity contribution in [3.05, 3.63) is 143 Å². The predicted molar refractivity (Wildman–Crippen MR) is 195 cm³/mol. The van der Waals surface area contributed by atoms with Crippen molar-refractivity contribution in [3.63, 3.8) is 0 Å². The summed E-state index contributed by atoms with van der Waals surface area (Å²) < 4.78 is 7.24. The summed E-state index contributed by atoms with van der Waals surface area (Å²) in [5, 5.41) is 18.4. The number of rotatable bonds is 3. The second kappa shape index (κ2) is 14.0. The highest BCUT2D eigenvalue weighted by atomic mass is 16.3. The van der Waals surface area contributed by atoms with Crippen molar-refractivity contribution in [3.8, 4) is 46.2 Å². The van der Waals surface area contributed by atoms with Gasteiger partial charge in [0.2, 0.25) is 0 Å². The van der Waals surface area contributed by atoms with E-state index >= 15 is 0 Å². The third kappa shape index (κ3) is 6.88. The summed E-state index contributed by atoms with van der Waals surface area (Å²) in [7, 11) is 3.87. The van der Waals surface area contributed by atoms with Crippen LogP contribution in [0.3, 0.4) is 0 Å². The molecule has 0 radical (unpaired) electrons. The molecule has 6 heterocycles. The number of aryl methyl sites for hydroxylation is 5. The molecule has 0 spiro atoms. The number of aliphatic hydroxyl groups excluding tert-OH is 1. The Morgan fingerprint density at radius 1 is 0.608 bits per heavy atom. The van der Waals surface area contributed by atoms with Crippen molar-refractivity contribution in [2.75, 3.05) is 0 Å². The molecule has 0 amide bonds. The second-order valence-corrected chi connectivity index (χ2v) is 11.9. The van der Waals surface area contributed by atoms with E-state index in [0.29, 0.717) is 34.4 Å². The Morgan fingerprint density at radius 2 is 1.20 bits per heavy atom. The van der Waals surface area contributed by atoms with Gasteiger partial charge < -0.3 is 14.2 Å². The van der Waals surface area contributed by atoms with Crippen LogP contribution in [0.5, 0.6) is 0 Å². The van der Waals surface area contributed by atoms with Crippen LogP contribution < -0.4 is 0 Å². The van der Waals surface area contributed by atoms with Gasteiger partial charge in [-0.2, -0.15) is 10.2 Å². The summed E-state index contributed by atoms with van der Waals surface area (Å²) in [5.74, 6) is 13.7. The van der Waals surface area contributed by atoms with Gasteiger partial charge in [-0.3, -0.25) is 0 Å². The molecule has 51 heavy (non-hydrogen) atoms. The molecule has 8 aromatic rings. The maximum atomic E-state index is 9.50. The van der Waals surface area contributed by atoms with Crippen molar-refractivity contribution < 1.29 is 5.11 Å². The molecule has 6 aromatic heterocycles. The van der Waals surface area contributed by atoms with E-state index in [-0.39, 0.29) is 6.61 Å². The van der Waals surface area contributed by atoms with Crippen LogP contribution in [-0.4, -0.2) is 53.4 Å². The number of aliphatic hydroxyl groups is 1. The summed E-state index contributed by atoms with van der Waals surface area (Å²) >= 11 is 0. The van der Waals surface area contributed by atoms with Gasteiger partial charge in [-0.25, -0.2) is 29.0 Å². The maximum absolute atomic E-state index is 9.50. The minimum Gasteiger partial charge on any atom is -0.390 e. The molecule has 0 saturated heterocycles. The van der Waals surface area contributed by atoms with Crippen LogP contribution >= 0.6 is 0 Å². The minimum absolute atomic E-state index is 0.114. The lowest BCUT2D eigenvalue weighted by molar-refractivity contribution is 0.273.